The zero-order chi connectivity index (χ0) is 10.3. The molecule has 0 aromatic carbocycles. The monoisotopic (exact) mass is 184 g/mol. The van der Waals surface area contributed by atoms with Crippen molar-refractivity contribution in [2.45, 2.75) is 6.92 Å². The molecule has 5 nitrogen and oxygen atoms in total. The first-order chi connectivity index (χ1) is 6.11. The van der Waals surface area contributed by atoms with Gasteiger partial charge in [-0.25, -0.2) is 0 Å². The second-order valence-electron chi connectivity index (χ2n) is 2.20. The van der Waals surface area contributed by atoms with Crippen molar-refractivity contribution >= 4 is 11.8 Å². The minimum atomic E-state index is -0.438. The van der Waals surface area contributed by atoms with E-state index in [-0.39, 0.29) is 0 Å². The predicted molar refractivity (Wildman–Crippen MR) is 47.3 cm³/mol. The van der Waals surface area contributed by atoms with Crippen molar-refractivity contribution in [2.24, 2.45) is 0 Å². The lowest BCUT2D eigenvalue weighted by atomic mass is 10.3. The Morgan fingerprint density at radius 1 is 1.54 bits per heavy atom. The standard InChI is InChI=1S/C8H12N2O3/c1-3-7(12)9-4-6(2)8(13)10-5-11/h3-4,11H,1,5H2,2H3,(H,9,12)(H,10,13)/b6-4+. The molecule has 72 valence electrons. The molecule has 0 heterocycles. The highest BCUT2D eigenvalue weighted by Crippen LogP contribution is 1.88. The van der Waals surface area contributed by atoms with Gasteiger partial charge in [-0.2, -0.15) is 0 Å². The zero-order valence-electron chi connectivity index (χ0n) is 7.33. The van der Waals surface area contributed by atoms with Crippen LogP contribution in [-0.2, 0) is 9.59 Å². The van der Waals surface area contributed by atoms with Crippen LogP contribution in [0.2, 0.25) is 0 Å². The van der Waals surface area contributed by atoms with Gasteiger partial charge in [0.25, 0.3) is 0 Å². The third-order valence-corrected chi connectivity index (χ3v) is 1.21. The van der Waals surface area contributed by atoms with Gasteiger partial charge in [-0.3, -0.25) is 9.59 Å². The van der Waals surface area contributed by atoms with E-state index < -0.39 is 18.5 Å². The maximum atomic E-state index is 10.9. The SMILES string of the molecule is C=CC(=O)N/C=C(\C)C(=O)NCO. The fraction of sp³-hybridized carbons (Fsp3) is 0.250. The second kappa shape index (κ2) is 5.96. The molecule has 0 aliphatic rings. The summed E-state index contributed by atoms with van der Waals surface area (Å²) in [5.74, 6) is -0.831. The van der Waals surface area contributed by atoms with Gasteiger partial charge in [0.2, 0.25) is 11.8 Å². The van der Waals surface area contributed by atoms with Crippen molar-refractivity contribution in [3.05, 3.63) is 24.4 Å². The van der Waals surface area contributed by atoms with E-state index in [4.69, 9.17) is 5.11 Å². The molecule has 0 atom stereocenters. The number of rotatable bonds is 4. The van der Waals surface area contributed by atoms with Crippen molar-refractivity contribution < 1.29 is 14.7 Å². The Morgan fingerprint density at radius 3 is 2.62 bits per heavy atom. The summed E-state index contributed by atoms with van der Waals surface area (Å²) in [6.07, 6.45) is 2.34. The molecule has 0 aliphatic carbocycles. The van der Waals surface area contributed by atoms with Gasteiger partial charge in [-0.15, -0.1) is 0 Å². The van der Waals surface area contributed by atoms with E-state index in [0.29, 0.717) is 5.57 Å². The fourth-order valence-electron chi connectivity index (χ4n) is 0.515. The van der Waals surface area contributed by atoms with Gasteiger partial charge in [0.05, 0.1) is 0 Å². The highest BCUT2D eigenvalue weighted by molar-refractivity contribution is 5.94. The third-order valence-electron chi connectivity index (χ3n) is 1.21. The largest absolute Gasteiger partial charge is 0.376 e. The van der Waals surface area contributed by atoms with E-state index >= 15 is 0 Å². The predicted octanol–water partition coefficient (Wildman–Crippen LogP) is -0.742. The van der Waals surface area contributed by atoms with Gasteiger partial charge in [0, 0.05) is 11.8 Å². The topological polar surface area (TPSA) is 78.4 Å². The summed E-state index contributed by atoms with van der Waals surface area (Å²) in [7, 11) is 0. The highest BCUT2D eigenvalue weighted by atomic mass is 16.3. The lowest BCUT2D eigenvalue weighted by Gasteiger charge is -2.01. The lowest BCUT2D eigenvalue weighted by molar-refractivity contribution is -0.118. The van der Waals surface area contributed by atoms with Crippen molar-refractivity contribution in [1.29, 1.82) is 0 Å². The molecule has 0 aliphatic heterocycles. The van der Waals surface area contributed by atoms with Crippen LogP contribution in [0.3, 0.4) is 0 Å². The normalized spacial score (nSPS) is 10.5. The molecular weight excluding hydrogens is 172 g/mol. The molecule has 0 radical (unpaired) electrons. The summed E-state index contributed by atoms with van der Waals surface area (Å²) < 4.78 is 0. The van der Waals surface area contributed by atoms with Gasteiger partial charge < -0.3 is 15.7 Å². The van der Waals surface area contributed by atoms with Gasteiger partial charge in [-0.1, -0.05) is 6.58 Å². The summed E-state index contributed by atoms with van der Waals surface area (Å²) in [4.78, 5) is 21.6. The quantitative estimate of drug-likeness (QED) is 0.397. The number of aliphatic hydroxyl groups excluding tert-OH is 1. The molecule has 0 saturated heterocycles. The van der Waals surface area contributed by atoms with Crippen molar-refractivity contribution in [1.82, 2.24) is 10.6 Å². The second-order valence-corrected chi connectivity index (χ2v) is 2.20. The van der Waals surface area contributed by atoms with Crippen LogP contribution in [-0.4, -0.2) is 23.7 Å². The molecule has 0 aromatic heterocycles. The fourth-order valence-corrected chi connectivity index (χ4v) is 0.515. The molecule has 0 rings (SSSR count). The van der Waals surface area contributed by atoms with Gasteiger partial charge in [-0.05, 0) is 13.0 Å². The molecule has 0 fully saturated rings. The first kappa shape index (κ1) is 11.4. The van der Waals surface area contributed by atoms with Crippen LogP contribution in [0.15, 0.2) is 24.4 Å². The maximum Gasteiger partial charge on any atom is 0.250 e. The molecule has 0 saturated carbocycles. The summed E-state index contributed by atoms with van der Waals surface area (Å²) in [5.41, 5.74) is 0.296. The van der Waals surface area contributed by atoms with Crippen LogP contribution in [0.1, 0.15) is 6.92 Å². The number of nitrogens with one attached hydrogen (secondary N) is 2. The number of hydrogen-bond donors (Lipinski definition) is 3. The Kier molecular flexibility index (Phi) is 5.22. The Hall–Kier alpha value is -1.62. The third kappa shape index (κ3) is 4.76. The van der Waals surface area contributed by atoms with E-state index in [0.717, 1.165) is 6.08 Å². The average Bonchev–Trinajstić information content (AvgIpc) is 2.13. The zero-order valence-corrected chi connectivity index (χ0v) is 7.33. The Morgan fingerprint density at radius 2 is 2.15 bits per heavy atom. The Labute approximate surface area is 76.1 Å². The molecule has 0 aromatic rings. The van der Waals surface area contributed by atoms with E-state index in [2.05, 4.69) is 17.2 Å². The first-order valence-electron chi connectivity index (χ1n) is 3.60. The van der Waals surface area contributed by atoms with E-state index in [9.17, 15) is 9.59 Å². The smallest absolute Gasteiger partial charge is 0.250 e. The van der Waals surface area contributed by atoms with Crippen LogP contribution in [0.5, 0.6) is 0 Å². The Bertz CT molecular complexity index is 246. The van der Waals surface area contributed by atoms with E-state index in [1.807, 2.05) is 0 Å². The number of hydrogen-bond acceptors (Lipinski definition) is 3. The van der Waals surface area contributed by atoms with Crippen LogP contribution >= 0.6 is 0 Å². The summed E-state index contributed by atoms with van der Waals surface area (Å²) in [6, 6.07) is 0. The molecule has 0 unspecified atom stereocenters. The summed E-state index contributed by atoms with van der Waals surface area (Å²) >= 11 is 0. The molecule has 13 heavy (non-hydrogen) atoms. The first-order valence-corrected chi connectivity index (χ1v) is 3.60. The summed E-state index contributed by atoms with van der Waals surface area (Å²) in [6.45, 7) is 4.32. The van der Waals surface area contributed by atoms with E-state index in [1.54, 1.807) is 0 Å². The van der Waals surface area contributed by atoms with Crippen molar-refractivity contribution in [2.75, 3.05) is 6.73 Å². The average molecular weight is 184 g/mol. The highest BCUT2D eigenvalue weighted by Gasteiger charge is 2.01. The number of carbonyl (C=O) groups is 2. The summed E-state index contributed by atoms with van der Waals surface area (Å²) in [5, 5.41) is 12.8. The lowest BCUT2D eigenvalue weighted by Crippen LogP contribution is -2.26. The Balaban J connectivity index is 4.08. The minimum Gasteiger partial charge on any atom is -0.376 e. The van der Waals surface area contributed by atoms with Crippen LogP contribution in [0, 0.1) is 0 Å². The number of carbonyl (C=O) groups excluding carboxylic acids is 2. The van der Waals surface area contributed by atoms with Crippen LogP contribution < -0.4 is 10.6 Å². The van der Waals surface area contributed by atoms with Crippen LogP contribution in [0.25, 0.3) is 0 Å². The van der Waals surface area contributed by atoms with Gasteiger partial charge >= 0.3 is 0 Å². The van der Waals surface area contributed by atoms with E-state index in [1.165, 1.54) is 13.1 Å². The van der Waals surface area contributed by atoms with Crippen molar-refractivity contribution in [3.63, 3.8) is 0 Å². The number of aliphatic hydroxyl groups is 1. The number of amides is 2. The van der Waals surface area contributed by atoms with Gasteiger partial charge in [0.15, 0.2) is 0 Å². The molecule has 2 amide bonds. The minimum absolute atomic E-state index is 0.296. The molecule has 3 N–H and O–H groups in total. The molecule has 0 spiro atoms. The molecule has 5 heteroatoms. The molecular formula is C8H12N2O3. The van der Waals surface area contributed by atoms with Gasteiger partial charge in [0.1, 0.15) is 6.73 Å². The van der Waals surface area contributed by atoms with Crippen LogP contribution in [0.4, 0.5) is 0 Å². The van der Waals surface area contributed by atoms with Crippen molar-refractivity contribution in [3.8, 4) is 0 Å². The molecule has 0 bridgehead atoms. The maximum absolute atomic E-state index is 10.9.